The number of hydrogen-bond donors (Lipinski definition) is 0. The average Bonchev–Trinajstić information content (AvgIpc) is 2.30. The molecule has 15 heavy (non-hydrogen) atoms. The number of nitrogens with zero attached hydrogens (tertiary/aromatic N) is 2. The molecule has 1 aromatic rings. The van der Waals surface area contributed by atoms with Gasteiger partial charge in [0.1, 0.15) is 5.82 Å². The molecule has 2 heteroatoms. The van der Waals surface area contributed by atoms with E-state index in [0.29, 0.717) is 5.92 Å². The fourth-order valence-electron chi connectivity index (χ4n) is 2.09. The molecule has 0 bridgehead atoms. The van der Waals surface area contributed by atoms with Gasteiger partial charge in [0.25, 0.3) is 0 Å². The highest BCUT2D eigenvalue weighted by Crippen LogP contribution is 2.21. The van der Waals surface area contributed by atoms with Crippen molar-refractivity contribution in [2.24, 2.45) is 0 Å². The number of piperidine rings is 1. The molecular weight excluding hydrogens is 184 g/mol. The minimum Gasteiger partial charge on any atom is -0.357 e. The van der Waals surface area contributed by atoms with E-state index < -0.39 is 0 Å². The summed E-state index contributed by atoms with van der Waals surface area (Å²) in [6.07, 6.45) is 5.95. The van der Waals surface area contributed by atoms with Gasteiger partial charge in [-0.3, -0.25) is 0 Å². The SMILES string of the molecule is CC(C)c1ccnc(N2CCCCC2)c1. The number of rotatable bonds is 2. The highest BCUT2D eigenvalue weighted by molar-refractivity contribution is 5.42. The molecule has 1 saturated heterocycles. The van der Waals surface area contributed by atoms with Crippen molar-refractivity contribution < 1.29 is 0 Å². The summed E-state index contributed by atoms with van der Waals surface area (Å²) in [5, 5.41) is 0. The predicted octanol–water partition coefficient (Wildman–Crippen LogP) is 3.20. The van der Waals surface area contributed by atoms with Crippen LogP contribution in [0.5, 0.6) is 0 Å². The maximum absolute atomic E-state index is 4.47. The molecule has 0 radical (unpaired) electrons. The van der Waals surface area contributed by atoms with Gasteiger partial charge in [0.2, 0.25) is 0 Å². The summed E-state index contributed by atoms with van der Waals surface area (Å²) in [5.74, 6) is 1.76. The molecule has 0 N–H and O–H groups in total. The van der Waals surface area contributed by atoms with Crippen LogP contribution in [0.4, 0.5) is 5.82 Å². The van der Waals surface area contributed by atoms with E-state index in [1.165, 1.54) is 43.7 Å². The molecule has 0 atom stereocenters. The van der Waals surface area contributed by atoms with Gasteiger partial charge in [-0.25, -0.2) is 4.98 Å². The largest absolute Gasteiger partial charge is 0.357 e. The minimum atomic E-state index is 0.594. The first-order chi connectivity index (χ1) is 7.27. The molecule has 82 valence electrons. The lowest BCUT2D eigenvalue weighted by Crippen LogP contribution is -2.30. The van der Waals surface area contributed by atoms with Crippen LogP contribution in [0.1, 0.15) is 44.6 Å². The van der Waals surface area contributed by atoms with Gasteiger partial charge in [0.05, 0.1) is 0 Å². The Bertz CT molecular complexity index is 314. The van der Waals surface area contributed by atoms with E-state index >= 15 is 0 Å². The maximum Gasteiger partial charge on any atom is 0.128 e. The lowest BCUT2D eigenvalue weighted by molar-refractivity contribution is 0.573. The first kappa shape index (κ1) is 10.5. The van der Waals surface area contributed by atoms with E-state index in [2.05, 4.69) is 35.9 Å². The molecule has 0 unspecified atom stereocenters. The fourth-order valence-corrected chi connectivity index (χ4v) is 2.09. The Kier molecular flexibility index (Phi) is 3.24. The molecule has 2 nitrogen and oxygen atoms in total. The smallest absolute Gasteiger partial charge is 0.128 e. The average molecular weight is 204 g/mol. The molecule has 0 amide bonds. The molecule has 0 aliphatic carbocycles. The van der Waals surface area contributed by atoms with E-state index in [1.807, 2.05) is 6.20 Å². The highest BCUT2D eigenvalue weighted by Gasteiger charge is 2.12. The van der Waals surface area contributed by atoms with Gasteiger partial charge in [0, 0.05) is 19.3 Å². The van der Waals surface area contributed by atoms with Crippen LogP contribution < -0.4 is 4.90 Å². The zero-order chi connectivity index (χ0) is 10.7. The van der Waals surface area contributed by atoms with E-state index in [1.54, 1.807) is 0 Å². The third kappa shape index (κ3) is 2.49. The van der Waals surface area contributed by atoms with Crippen molar-refractivity contribution in [2.75, 3.05) is 18.0 Å². The number of pyridine rings is 1. The Balaban J connectivity index is 2.16. The van der Waals surface area contributed by atoms with Crippen molar-refractivity contribution >= 4 is 5.82 Å². The Morgan fingerprint density at radius 2 is 1.93 bits per heavy atom. The van der Waals surface area contributed by atoms with Crippen molar-refractivity contribution in [3.05, 3.63) is 23.9 Å². The number of aromatic nitrogens is 1. The van der Waals surface area contributed by atoms with Crippen LogP contribution in [0.15, 0.2) is 18.3 Å². The minimum absolute atomic E-state index is 0.594. The molecule has 0 spiro atoms. The monoisotopic (exact) mass is 204 g/mol. The highest BCUT2D eigenvalue weighted by atomic mass is 15.2. The second-order valence-corrected chi connectivity index (χ2v) is 4.65. The summed E-state index contributed by atoms with van der Waals surface area (Å²) in [4.78, 5) is 6.88. The molecule has 2 heterocycles. The van der Waals surface area contributed by atoms with Crippen LogP contribution in [0.3, 0.4) is 0 Å². The van der Waals surface area contributed by atoms with Crippen LogP contribution in [0.2, 0.25) is 0 Å². The zero-order valence-corrected chi connectivity index (χ0v) is 9.74. The van der Waals surface area contributed by atoms with Gasteiger partial charge in [0.15, 0.2) is 0 Å². The molecule has 2 rings (SSSR count). The quantitative estimate of drug-likeness (QED) is 0.735. The lowest BCUT2D eigenvalue weighted by Gasteiger charge is -2.28. The number of hydrogen-bond acceptors (Lipinski definition) is 2. The Hall–Kier alpha value is -1.05. The summed E-state index contributed by atoms with van der Waals surface area (Å²) in [7, 11) is 0. The van der Waals surface area contributed by atoms with Gasteiger partial charge in [-0.2, -0.15) is 0 Å². The fraction of sp³-hybridized carbons (Fsp3) is 0.615. The van der Waals surface area contributed by atoms with E-state index in [4.69, 9.17) is 0 Å². The molecule has 1 aromatic heterocycles. The molecule has 0 saturated carbocycles. The summed E-state index contributed by atoms with van der Waals surface area (Å²) < 4.78 is 0. The Morgan fingerprint density at radius 3 is 2.60 bits per heavy atom. The van der Waals surface area contributed by atoms with Crippen molar-refractivity contribution in [3.63, 3.8) is 0 Å². The zero-order valence-electron chi connectivity index (χ0n) is 9.74. The van der Waals surface area contributed by atoms with Gasteiger partial charge >= 0.3 is 0 Å². The van der Waals surface area contributed by atoms with Crippen LogP contribution in [0, 0.1) is 0 Å². The normalized spacial score (nSPS) is 17.1. The van der Waals surface area contributed by atoms with Gasteiger partial charge in [-0.15, -0.1) is 0 Å². The first-order valence-corrected chi connectivity index (χ1v) is 5.98. The standard InChI is InChI=1S/C13H20N2/c1-11(2)12-6-7-14-13(10-12)15-8-4-3-5-9-15/h6-7,10-11H,3-5,8-9H2,1-2H3. The van der Waals surface area contributed by atoms with Crippen molar-refractivity contribution in [1.82, 2.24) is 4.98 Å². The summed E-state index contributed by atoms with van der Waals surface area (Å²) in [5.41, 5.74) is 1.39. The number of anilines is 1. The van der Waals surface area contributed by atoms with E-state index in [0.717, 1.165) is 0 Å². The lowest BCUT2D eigenvalue weighted by atomic mass is 10.0. The first-order valence-electron chi connectivity index (χ1n) is 5.98. The van der Waals surface area contributed by atoms with Gasteiger partial charge in [-0.05, 0) is 42.9 Å². The van der Waals surface area contributed by atoms with Crippen molar-refractivity contribution in [2.45, 2.75) is 39.0 Å². The predicted molar refractivity (Wildman–Crippen MR) is 64.4 cm³/mol. The van der Waals surface area contributed by atoms with Crippen molar-refractivity contribution in [3.8, 4) is 0 Å². The summed E-state index contributed by atoms with van der Waals surface area (Å²) >= 11 is 0. The molecule has 1 aliphatic heterocycles. The van der Waals surface area contributed by atoms with Crippen LogP contribution in [-0.2, 0) is 0 Å². The summed E-state index contributed by atoms with van der Waals surface area (Å²) in [6, 6.07) is 4.37. The van der Waals surface area contributed by atoms with Gasteiger partial charge < -0.3 is 4.90 Å². The molecule has 1 aliphatic rings. The summed E-state index contributed by atoms with van der Waals surface area (Å²) in [6.45, 7) is 6.81. The van der Waals surface area contributed by atoms with E-state index in [-0.39, 0.29) is 0 Å². The Morgan fingerprint density at radius 1 is 1.20 bits per heavy atom. The van der Waals surface area contributed by atoms with E-state index in [9.17, 15) is 0 Å². The molecule has 1 fully saturated rings. The van der Waals surface area contributed by atoms with Crippen LogP contribution in [-0.4, -0.2) is 18.1 Å². The van der Waals surface area contributed by atoms with Crippen molar-refractivity contribution in [1.29, 1.82) is 0 Å². The van der Waals surface area contributed by atoms with Crippen LogP contribution in [0.25, 0.3) is 0 Å². The second kappa shape index (κ2) is 4.65. The topological polar surface area (TPSA) is 16.1 Å². The third-order valence-corrected chi connectivity index (χ3v) is 3.12. The molecular formula is C13H20N2. The second-order valence-electron chi connectivity index (χ2n) is 4.65. The van der Waals surface area contributed by atoms with Crippen LogP contribution >= 0.6 is 0 Å². The maximum atomic E-state index is 4.47. The Labute approximate surface area is 92.3 Å². The third-order valence-electron chi connectivity index (χ3n) is 3.12. The van der Waals surface area contributed by atoms with Gasteiger partial charge in [-0.1, -0.05) is 13.8 Å². The molecule has 0 aromatic carbocycles.